The van der Waals surface area contributed by atoms with Crippen molar-refractivity contribution in [2.45, 2.75) is 45.3 Å². The summed E-state index contributed by atoms with van der Waals surface area (Å²) in [6, 6.07) is 5.80. The molecule has 2 heterocycles. The highest BCUT2D eigenvalue weighted by molar-refractivity contribution is 5.76. The standard InChI is InChI=1S/C17H23N3O4/c1-17(2,3)24-16(22)20-8-6-11(7-9-20)18-12-4-5-14-13(10-12)19-15(21)23-14/h4-5,10-11,18H,6-9H2,1-3H3,(H,19,21). The van der Waals surface area contributed by atoms with Crippen molar-refractivity contribution in [1.29, 1.82) is 0 Å². The monoisotopic (exact) mass is 333 g/mol. The fourth-order valence-electron chi connectivity index (χ4n) is 2.81. The topological polar surface area (TPSA) is 87.6 Å². The Morgan fingerprint density at radius 3 is 2.71 bits per heavy atom. The molecule has 2 N–H and O–H groups in total. The Bertz CT molecular complexity index is 779. The van der Waals surface area contributed by atoms with Crippen molar-refractivity contribution in [1.82, 2.24) is 9.88 Å². The van der Waals surface area contributed by atoms with Crippen LogP contribution in [0.2, 0.25) is 0 Å². The number of aromatic nitrogens is 1. The number of benzene rings is 1. The minimum absolute atomic E-state index is 0.252. The van der Waals surface area contributed by atoms with Crippen LogP contribution in [0.25, 0.3) is 11.1 Å². The highest BCUT2D eigenvalue weighted by Gasteiger charge is 2.26. The quantitative estimate of drug-likeness (QED) is 0.882. The van der Waals surface area contributed by atoms with Gasteiger partial charge in [0.2, 0.25) is 0 Å². The summed E-state index contributed by atoms with van der Waals surface area (Å²) in [7, 11) is 0. The van der Waals surface area contributed by atoms with Gasteiger partial charge >= 0.3 is 11.8 Å². The number of anilines is 1. The zero-order chi connectivity index (χ0) is 17.3. The highest BCUT2D eigenvalue weighted by Crippen LogP contribution is 2.21. The Morgan fingerprint density at radius 1 is 1.33 bits per heavy atom. The average molecular weight is 333 g/mol. The minimum Gasteiger partial charge on any atom is -0.444 e. The molecule has 1 fully saturated rings. The first-order valence-electron chi connectivity index (χ1n) is 8.17. The molecule has 3 rings (SSSR count). The smallest absolute Gasteiger partial charge is 0.417 e. The number of aromatic amines is 1. The Labute approximate surface area is 140 Å². The third-order valence-corrected chi connectivity index (χ3v) is 3.94. The summed E-state index contributed by atoms with van der Waals surface area (Å²) in [5.41, 5.74) is 1.68. The third-order valence-electron chi connectivity index (χ3n) is 3.94. The number of likely N-dealkylation sites (tertiary alicyclic amines) is 1. The maximum Gasteiger partial charge on any atom is 0.417 e. The molecule has 24 heavy (non-hydrogen) atoms. The van der Waals surface area contributed by atoms with E-state index in [0.29, 0.717) is 24.2 Å². The summed E-state index contributed by atoms with van der Waals surface area (Å²) in [6.07, 6.45) is 1.44. The maximum absolute atomic E-state index is 12.1. The van der Waals surface area contributed by atoms with Gasteiger partial charge in [-0.05, 0) is 51.8 Å². The predicted molar refractivity (Wildman–Crippen MR) is 91.3 cm³/mol. The van der Waals surface area contributed by atoms with Crippen LogP contribution in [0.4, 0.5) is 10.5 Å². The number of oxazole rings is 1. The molecule has 1 amide bonds. The minimum atomic E-state index is -0.469. The van der Waals surface area contributed by atoms with Crippen molar-refractivity contribution in [2.24, 2.45) is 0 Å². The lowest BCUT2D eigenvalue weighted by atomic mass is 10.0. The van der Waals surface area contributed by atoms with Gasteiger partial charge in [0.25, 0.3) is 0 Å². The molecule has 0 bridgehead atoms. The summed E-state index contributed by atoms with van der Waals surface area (Å²) in [4.78, 5) is 27.7. The molecule has 7 heteroatoms. The van der Waals surface area contributed by atoms with Gasteiger partial charge in [0.05, 0.1) is 5.52 Å². The Kier molecular flexibility index (Phi) is 4.26. The average Bonchev–Trinajstić information content (AvgIpc) is 2.85. The van der Waals surface area contributed by atoms with Crippen molar-refractivity contribution >= 4 is 22.9 Å². The van der Waals surface area contributed by atoms with Crippen LogP contribution >= 0.6 is 0 Å². The van der Waals surface area contributed by atoms with Crippen molar-refractivity contribution < 1.29 is 13.9 Å². The van der Waals surface area contributed by atoms with Gasteiger partial charge in [0.1, 0.15) is 5.60 Å². The normalized spacial score (nSPS) is 16.4. The van der Waals surface area contributed by atoms with Crippen LogP contribution in [0.5, 0.6) is 0 Å². The van der Waals surface area contributed by atoms with E-state index in [0.717, 1.165) is 18.5 Å². The molecule has 0 unspecified atom stereocenters. The van der Waals surface area contributed by atoms with E-state index in [1.54, 1.807) is 11.0 Å². The van der Waals surface area contributed by atoms with E-state index in [1.165, 1.54) is 0 Å². The van der Waals surface area contributed by atoms with E-state index in [4.69, 9.17) is 9.15 Å². The van der Waals surface area contributed by atoms with Gasteiger partial charge in [-0.25, -0.2) is 9.59 Å². The zero-order valence-corrected chi connectivity index (χ0v) is 14.2. The maximum atomic E-state index is 12.1. The first kappa shape index (κ1) is 16.4. The van der Waals surface area contributed by atoms with Gasteiger partial charge in [-0.15, -0.1) is 0 Å². The van der Waals surface area contributed by atoms with E-state index >= 15 is 0 Å². The van der Waals surface area contributed by atoms with Crippen LogP contribution in [-0.2, 0) is 4.74 Å². The predicted octanol–water partition coefficient (Wildman–Crippen LogP) is 2.93. The molecule has 1 aliphatic rings. The number of H-pyrrole nitrogens is 1. The van der Waals surface area contributed by atoms with Crippen LogP contribution in [0.3, 0.4) is 0 Å². The highest BCUT2D eigenvalue weighted by atomic mass is 16.6. The van der Waals surface area contributed by atoms with Crippen LogP contribution in [0.15, 0.2) is 27.4 Å². The molecule has 1 aliphatic heterocycles. The van der Waals surface area contributed by atoms with E-state index in [2.05, 4.69) is 10.3 Å². The van der Waals surface area contributed by atoms with Crippen LogP contribution < -0.4 is 11.1 Å². The number of hydrogen-bond acceptors (Lipinski definition) is 5. The van der Waals surface area contributed by atoms with E-state index in [-0.39, 0.29) is 12.1 Å². The SMILES string of the molecule is CC(C)(C)OC(=O)N1CCC(Nc2ccc3oc(=O)[nH]c3c2)CC1. The number of amides is 1. The zero-order valence-electron chi connectivity index (χ0n) is 14.2. The number of hydrogen-bond donors (Lipinski definition) is 2. The second kappa shape index (κ2) is 6.22. The molecule has 1 aromatic heterocycles. The molecule has 0 aliphatic carbocycles. The van der Waals surface area contributed by atoms with Crippen molar-refractivity contribution in [3.05, 3.63) is 28.7 Å². The van der Waals surface area contributed by atoms with Crippen LogP contribution in [-0.4, -0.2) is 40.7 Å². The number of carbonyl (C=O) groups excluding carboxylic acids is 1. The first-order chi connectivity index (χ1) is 11.3. The second-order valence-electron chi connectivity index (χ2n) is 7.11. The van der Waals surface area contributed by atoms with Crippen molar-refractivity contribution in [3.63, 3.8) is 0 Å². The number of nitrogens with one attached hydrogen (secondary N) is 2. The molecular formula is C17H23N3O4. The largest absolute Gasteiger partial charge is 0.444 e. The van der Waals surface area contributed by atoms with Crippen molar-refractivity contribution in [3.8, 4) is 0 Å². The number of piperidine rings is 1. The lowest BCUT2D eigenvalue weighted by molar-refractivity contribution is 0.0210. The molecule has 0 radical (unpaired) electrons. The van der Waals surface area contributed by atoms with Gasteiger partial charge in [-0.2, -0.15) is 0 Å². The van der Waals surface area contributed by atoms with Gasteiger partial charge in [0, 0.05) is 24.8 Å². The number of rotatable bonds is 2. The molecule has 1 saturated heterocycles. The lowest BCUT2D eigenvalue weighted by Crippen LogP contribution is -2.44. The molecule has 2 aromatic rings. The van der Waals surface area contributed by atoms with Crippen molar-refractivity contribution in [2.75, 3.05) is 18.4 Å². The number of carbonyl (C=O) groups is 1. The summed E-state index contributed by atoms with van der Waals surface area (Å²) < 4.78 is 10.4. The van der Waals surface area contributed by atoms with E-state index in [9.17, 15) is 9.59 Å². The summed E-state index contributed by atoms with van der Waals surface area (Å²) >= 11 is 0. The van der Waals surface area contributed by atoms with Crippen LogP contribution in [0.1, 0.15) is 33.6 Å². The van der Waals surface area contributed by atoms with Gasteiger partial charge in [0.15, 0.2) is 5.58 Å². The van der Waals surface area contributed by atoms with Crippen LogP contribution in [0, 0.1) is 0 Å². The molecular weight excluding hydrogens is 310 g/mol. The number of ether oxygens (including phenoxy) is 1. The Balaban J connectivity index is 1.56. The lowest BCUT2D eigenvalue weighted by Gasteiger charge is -2.34. The van der Waals surface area contributed by atoms with Gasteiger partial charge in [-0.1, -0.05) is 0 Å². The molecule has 0 spiro atoms. The molecule has 1 aromatic carbocycles. The number of nitrogens with zero attached hydrogens (tertiary/aromatic N) is 1. The molecule has 7 nitrogen and oxygen atoms in total. The molecule has 0 atom stereocenters. The fourth-order valence-corrected chi connectivity index (χ4v) is 2.81. The number of fused-ring (bicyclic) bond motifs is 1. The van der Waals surface area contributed by atoms with E-state index in [1.807, 2.05) is 32.9 Å². The van der Waals surface area contributed by atoms with E-state index < -0.39 is 11.4 Å². The summed E-state index contributed by atoms with van der Waals surface area (Å²) in [6.45, 7) is 6.94. The van der Waals surface area contributed by atoms with Gasteiger partial charge in [-0.3, -0.25) is 4.98 Å². The fraction of sp³-hybridized carbons (Fsp3) is 0.529. The third kappa shape index (κ3) is 3.90. The Morgan fingerprint density at radius 2 is 2.04 bits per heavy atom. The second-order valence-corrected chi connectivity index (χ2v) is 7.11. The summed E-state index contributed by atoms with van der Waals surface area (Å²) in [5, 5.41) is 3.45. The molecule has 130 valence electrons. The first-order valence-corrected chi connectivity index (χ1v) is 8.17. The Hall–Kier alpha value is -2.44. The van der Waals surface area contributed by atoms with Gasteiger partial charge < -0.3 is 19.4 Å². The molecule has 0 saturated carbocycles. The summed E-state index contributed by atoms with van der Waals surface area (Å²) in [5.74, 6) is -0.451.